The van der Waals surface area contributed by atoms with E-state index in [0.29, 0.717) is 12.1 Å². The van der Waals surface area contributed by atoms with E-state index in [-0.39, 0.29) is 11.9 Å². The molecule has 0 radical (unpaired) electrons. The number of piperidine rings is 1. The Morgan fingerprint density at radius 2 is 1.56 bits per heavy atom. The van der Waals surface area contributed by atoms with Crippen molar-refractivity contribution in [2.45, 2.75) is 91.9 Å². The van der Waals surface area contributed by atoms with E-state index in [2.05, 4.69) is 44.8 Å². The maximum absolute atomic E-state index is 13.0. The average Bonchev–Trinajstić information content (AvgIpc) is 3.03. The Hall–Kier alpha value is -3.71. The summed E-state index contributed by atoms with van der Waals surface area (Å²) >= 11 is 0. The molecule has 3 aromatic rings. The number of carbonyl (C=O) groups excluding carboxylic acids is 2. The molecule has 4 rings (SSSR count). The van der Waals surface area contributed by atoms with Crippen molar-refractivity contribution in [1.29, 1.82) is 0 Å². The van der Waals surface area contributed by atoms with E-state index in [0.717, 1.165) is 86.7 Å². The number of aldehydes is 1. The third-order valence-electron chi connectivity index (χ3n) is 8.45. The summed E-state index contributed by atoms with van der Waals surface area (Å²) in [6.45, 7) is 12.9. The van der Waals surface area contributed by atoms with Gasteiger partial charge in [0.25, 0.3) is 5.91 Å². The molecule has 0 saturated carbocycles. The highest BCUT2D eigenvalue weighted by molar-refractivity contribution is 5.95. The Balaban J connectivity index is 0.000000468. The van der Waals surface area contributed by atoms with Crippen molar-refractivity contribution in [3.05, 3.63) is 111 Å². The minimum atomic E-state index is -4.31. The molecular weight excluding hydrogens is 573 g/mol. The molecule has 45 heavy (non-hydrogen) atoms. The molecule has 0 atom stereocenters. The molecule has 0 spiro atoms. The molecule has 0 aliphatic carbocycles. The van der Waals surface area contributed by atoms with Gasteiger partial charge in [-0.1, -0.05) is 75.2 Å². The Morgan fingerprint density at radius 1 is 0.933 bits per heavy atom. The lowest BCUT2D eigenvalue weighted by atomic mass is 9.91. The second-order valence-electron chi connectivity index (χ2n) is 11.8. The van der Waals surface area contributed by atoms with Crippen LogP contribution in [0.1, 0.15) is 108 Å². The molecule has 7 heteroatoms. The number of nitrogens with zero attached hydrogens (tertiary/aromatic N) is 1. The van der Waals surface area contributed by atoms with Crippen LogP contribution in [0.4, 0.5) is 13.2 Å². The monoisotopic (exact) mass is 620 g/mol. The molecule has 0 unspecified atom stereocenters. The number of nitrogens with one attached hydrogen (secondary N) is 1. The smallest absolute Gasteiger partial charge is 0.349 e. The standard InChI is InChI=1S/C29H37F3N2O.C9H10O/c1-5-7-20(3)26(6-2)27-18-23(11-8-21(27)4)28(35)33-25-14-16-34(17-15-25)19-22-9-12-24(13-10-22)29(30,31)32;1-2-8-3-5-9(7-10)6-4-8/h8-13,18,25H,5-7,14-17,19H2,1-4H3,(H,33,35);3-7H,2H2,1H3/b26-20+;. The second kappa shape index (κ2) is 17.1. The summed E-state index contributed by atoms with van der Waals surface area (Å²) < 4.78 is 38.3. The van der Waals surface area contributed by atoms with Crippen LogP contribution >= 0.6 is 0 Å². The zero-order chi connectivity index (χ0) is 33.0. The first-order valence-corrected chi connectivity index (χ1v) is 16.0. The van der Waals surface area contributed by atoms with Crippen LogP contribution in [0, 0.1) is 6.92 Å². The molecule has 3 aromatic carbocycles. The number of aryl methyl sites for hydroxylation is 2. The molecule has 1 fully saturated rings. The molecule has 1 N–H and O–H groups in total. The third kappa shape index (κ3) is 10.7. The number of hydrogen-bond acceptors (Lipinski definition) is 3. The van der Waals surface area contributed by atoms with E-state index in [1.807, 2.05) is 42.5 Å². The number of carbonyl (C=O) groups is 2. The third-order valence-corrected chi connectivity index (χ3v) is 8.45. The van der Waals surface area contributed by atoms with Crippen molar-refractivity contribution in [2.24, 2.45) is 0 Å². The Morgan fingerprint density at radius 3 is 2.09 bits per heavy atom. The highest BCUT2D eigenvalue weighted by Gasteiger charge is 2.30. The number of benzene rings is 3. The minimum Gasteiger partial charge on any atom is -0.349 e. The Bertz CT molecular complexity index is 1420. The highest BCUT2D eigenvalue weighted by Crippen LogP contribution is 2.30. The van der Waals surface area contributed by atoms with Gasteiger partial charge in [0.2, 0.25) is 0 Å². The first-order chi connectivity index (χ1) is 21.5. The van der Waals surface area contributed by atoms with Crippen LogP contribution in [0.2, 0.25) is 0 Å². The van der Waals surface area contributed by atoms with E-state index in [9.17, 15) is 22.8 Å². The van der Waals surface area contributed by atoms with Crippen LogP contribution in [0.3, 0.4) is 0 Å². The number of hydrogen-bond donors (Lipinski definition) is 1. The maximum atomic E-state index is 13.0. The summed E-state index contributed by atoms with van der Waals surface area (Å²) in [6.07, 6.45) is 2.32. The summed E-state index contributed by atoms with van der Waals surface area (Å²) in [7, 11) is 0. The van der Waals surface area contributed by atoms with Gasteiger partial charge in [-0.25, -0.2) is 0 Å². The highest BCUT2D eigenvalue weighted by atomic mass is 19.4. The molecule has 1 amide bonds. The van der Waals surface area contributed by atoms with Gasteiger partial charge < -0.3 is 5.32 Å². The van der Waals surface area contributed by atoms with E-state index >= 15 is 0 Å². The number of halogens is 3. The first kappa shape index (κ1) is 35.8. The zero-order valence-electron chi connectivity index (χ0n) is 27.3. The summed E-state index contributed by atoms with van der Waals surface area (Å²) in [5, 5.41) is 3.19. The number of likely N-dealkylation sites (tertiary alicyclic amines) is 1. The van der Waals surface area contributed by atoms with Crippen LogP contribution in [-0.4, -0.2) is 36.2 Å². The van der Waals surface area contributed by atoms with Crippen molar-refractivity contribution in [1.82, 2.24) is 10.2 Å². The van der Waals surface area contributed by atoms with E-state index in [1.54, 1.807) is 12.1 Å². The van der Waals surface area contributed by atoms with Crippen LogP contribution in [0.25, 0.3) is 5.57 Å². The molecular formula is C38H47F3N2O2. The lowest BCUT2D eigenvalue weighted by Crippen LogP contribution is -2.44. The summed E-state index contributed by atoms with van der Waals surface area (Å²) in [6, 6.07) is 19.1. The largest absolute Gasteiger partial charge is 0.416 e. The Kier molecular flexibility index (Phi) is 13.6. The molecule has 4 nitrogen and oxygen atoms in total. The van der Waals surface area contributed by atoms with Crippen molar-refractivity contribution in [3.8, 4) is 0 Å². The molecule has 242 valence electrons. The van der Waals surface area contributed by atoms with Crippen molar-refractivity contribution >= 4 is 17.8 Å². The normalized spacial score (nSPS) is 14.7. The van der Waals surface area contributed by atoms with E-state index in [4.69, 9.17) is 0 Å². The number of amides is 1. The molecule has 1 aliphatic heterocycles. The topological polar surface area (TPSA) is 49.4 Å². The predicted molar refractivity (Wildman–Crippen MR) is 177 cm³/mol. The van der Waals surface area contributed by atoms with Crippen LogP contribution < -0.4 is 5.32 Å². The van der Waals surface area contributed by atoms with Gasteiger partial charge in [0.15, 0.2) is 0 Å². The summed E-state index contributed by atoms with van der Waals surface area (Å²) in [5.41, 5.74) is 8.01. The lowest BCUT2D eigenvalue weighted by Gasteiger charge is -2.32. The fourth-order valence-electron chi connectivity index (χ4n) is 5.73. The molecule has 1 aliphatic rings. The second-order valence-corrected chi connectivity index (χ2v) is 11.8. The molecule has 1 saturated heterocycles. The summed E-state index contributed by atoms with van der Waals surface area (Å²) in [4.78, 5) is 25.5. The van der Waals surface area contributed by atoms with Gasteiger partial charge in [-0.05, 0) is 98.0 Å². The van der Waals surface area contributed by atoms with Gasteiger partial charge in [-0.3, -0.25) is 14.5 Å². The van der Waals surface area contributed by atoms with Gasteiger partial charge in [0.1, 0.15) is 6.29 Å². The maximum Gasteiger partial charge on any atom is 0.416 e. The molecule has 0 bridgehead atoms. The quantitative estimate of drug-likeness (QED) is 0.230. The predicted octanol–water partition coefficient (Wildman–Crippen LogP) is 9.45. The fourth-order valence-corrected chi connectivity index (χ4v) is 5.73. The molecule has 0 aromatic heterocycles. The van der Waals surface area contributed by atoms with Crippen molar-refractivity contribution in [3.63, 3.8) is 0 Å². The van der Waals surface area contributed by atoms with E-state index in [1.165, 1.54) is 22.3 Å². The van der Waals surface area contributed by atoms with Crippen molar-refractivity contribution in [2.75, 3.05) is 13.1 Å². The minimum absolute atomic E-state index is 0.0453. The average molecular weight is 621 g/mol. The lowest BCUT2D eigenvalue weighted by molar-refractivity contribution is -0.137. The van der Waals surface area contributed by atoms with Gasteiger partial charge >= 0.3 is 6.18 Å². The van der Waals surface area contributed by atoms with Crippen LogP contribution in [-0.2, 0) is 19.1 Å². The van der Waals surface area contributed by atoms with Gasteiger partial charge in [-0.2, -0.15) is 13.2 Å². The van der Waals surface area contributed by atoms with Crippen molar-refractivity contribution < 1.29 is 22.8 Å². The summed E-state index contributed by atoms with van der Waals surface area (Å²) in [5.74, 6) is -0.0453. The number of rotatable bonds is 10. The number of alkyl halides is 3. The van der Waals surface area contributed by atoms with Gasteiger partial charge in [-0.15, -0.1) is 0 Å². The SMILES string of the molecule is CCC/C(C)=C(\CC)c1cc(C(=O)NC2CCN(Cc3ccc(C(F)(F)F)cc3)CC2)ccc1C.CCc1ccc(C=O)cc1. The zero-order valence-corrected chi connectivity index (χ0v) is 27.3. The number of allylic oxidation sites excluding steroid dienone is 2. The van der Waals surface area contributed by atoms with E-state index < -0.39 is 11.7 Å². The Labute approximate surface area is 266 Å². The first-order valence-electron chi connectivity index (χ1n) is 16.0. The van der Waals surface area contributed by atoms with Crippen LogP contribution in [0.15, 0.2) is 72.3 Å². The van der Waals surface area contributed by atoms with Gasteiger partial charge in [0, 0.05) is 36.8 Å². The molecule has 1 heterocycles. The fraction of sp³-hybridized carbons (Fsp3) is 0.421. The van der Waals surface area contributed by atoms with Crippen LogP contribution in [0.5, 0.6) is 0 Å². The van der Waals surface area contributed by atoms with Gasteiger partial charge in [0.05, 0.1) is 5.56 Å².